The monoisotopic (exact) mass is 148 g/mol. The molecule has 1 heteroatoms. The van der Waals surface area contributed by atoms with E-state index in [-0.39, 0.29) is 6.61 Å². The van der Waals surface area contributed by atoms with Crippen LogP contribution < -0.4 is 0 Å². The molecule has 0 atom stereocenters. The van der Waals surface area contributed by atoms with Crippen LogP contribution in [-0.2, 0) is 0 Å². The fourth-order valence-corrected chi connectivity index (χ4v) is 1.04. The highest BCUT2D eigenvalue weighted by Gasteiger charge is 2.00. The first-order chi connectivity index (χ1) is 5.38. The standard InChI is InChI=1S/C10H12O/c1-2-9-5-3-6-10(9)7-4-8-11/h2-3,5-7,11H,1,4,8H2/b10-7-. The Bertz CT molecular complexity index is 231. The molecule has 0 bridgehead atoms. The fourth-order valence-electron chi connectivity index (χ4n) is 1.04. The van der Waals surface area contributed by atoms with Gasteiger partial charge in [-0.3, -0.25) is 0 Å². The van der Waals surface area contributed by atoms with Crippen LogP contribution >= 0.6 is 0 Å². The van der Waals surface area contributed by atoms with Crippen LogP contribution in [0.3, 0.4) is 0 Å². The van der Waals surface area contributed by atoms with Crippen molar-refractivity contribution in [2.45, 2.75) is 6.42 Å². The maximum atomic E-state index is 8.57. The van der Waals surface area contributed by atoms with Crippen molar-refractivity contribution in [2.75, 3.05) is 6.61 Å². The summed E-state index contributed by atoms with van der Waals surface area (Å²) in [7, 11) is 0. The molecule has 0 aromatic rings. The van der Waals surface area contributed by atoms with Crippen molar-refractivity contribution >= 4 is 0 Å². The second-order valence-corrected chi connectivity index (χ2v) is 2.36. The minimum atomic E-state index is 0.210. The number of hydrogen-bond donors (Lipinski definition) is 1. The second kappa shape index (κ2) is 3.94. The molecule has 0 heterocycles. The van der Waals surface area contributed by atoms with E-state index in [4.69, 9.17) is 5.11 Å². The zero-order chi connectivity index (χ0) is 8.10. The number of allylic oxidation sites excluding steroid dienone is 6. The molecule has 0 aliphatic heterocycles. The van der Waals surface area contributed by atoms with Gasteiger partial charge in [-0.2, -0.15) is 0 Å². The lowest BCUT2D eigenvalue weighted by atomic mass is 10.1. The summed E-state index contributed by atoms with van der Waals surface area (Å²) in [5.74, 6) is 0. The van der Waals surface area contributed by atoms with Crippen LogP contribution in [0.25, 0.3) is 0 Å². The van der Waals surface area contributed by atoms with Gasteiger partial charge < -0.3 is 5.11 Å². The van der Waals surface area contributed by atoms with Gasteiger partial charge in [-0.1, -0.05) is 37.0 Å². The van der Waals surface area contributed by atoms with Gasteiger partial charge in [0.05, 0.1) is 0 Å². The molecule has 0 aromatic heterocycles. The predicted octanol–water partition coefficient (Wildman–Crippen LogP) is 1.98. The van der Waals surface area contributed by atoms with Crippen molar-refractivity contribution in [1.29, 1.82) is 0 Å². The molecule has 0 spiro atoms. The molecule has 0 unspecified atom stereocenters. The molecule has 58 valence electrons. The van der Waals surface area contributed by atoms with Gasteiger partial charge in [0.15, 0.2) is 0 Å². The van der Waals surface area contributed by atoms with Gasteiger partial charge in [0.2, 0.25) is 0 Å². The molecular formula is C10H12O. The molecule has 0 radical (unpaired) electrons. The summed E-state index contributed by atoms with van der Waals surface area (Å²) >= 11 is 0. The van der Waals surface area contributed by atoms with Crippen molar-refractivity contribution in [2.24, 2.45) is 0 Å². The Morgan fingerprint density at radius 3 is 3.00 bits per heavy atom. The van der Waals surface area contributed by atoms with Crippen LogP contribution in [-0.4, -0.2) is 11.7 Å². The van der Waals surface area contributed by atoms with Crippen LogP contribution in [0.2, 0.25) is 0 Å². The molecular weight excluding hydrogens is 136 g/mol. The maximum Gasteiger partial charge on any atom is 0.0465 e. The first-order valence-corrected chi connectivity index (χ1v) is 3.70. The Labute approximate surface area is 67.1 Å². The highest BCUT2D eigenvalue weighted by atomic mass is 16.2. The molecule has 0 fully saturated rings. The van der Waals surface area contributed by atoms with Crippen molar-refractivity contribution in [3.8, 4) is 0 Å². The van der Waals surface area contributed by atoms with Gasteiger partial charge in [-0.25, -0.2) is 0 Å². The molecule has 1 rings (SSSR count). The van der Waals surface area contributed by atoms with E-state index in [1.54, 1.807) is 0 Å². The summed E-state index contributed by atoms with van der Waals surface area (Å²) in [5, 5.41) is 8.57. The third kappa shape index (κ3) is 1.92. The zero-order valence-corrected chi connectivity index (χ0v) is 6.46. The Morgan fingerprint density at radius 2 is 2.36 bits per heavy atom. The van der Waals surface area contributed by atoms with E-state index in [0.29, 0.717) is 6.42 Å². The van der Waals surface area contributed by atoms with Crippen LogP contribution in [0.15, 0.2) is 48.1 Å². The molecule has 0 saturated heterocycles. The lowest BCUT2D eigenvalue weighted by Gasteiger charge is -1.96. The van der Waals surface area contributed by atoms with E-state index in [1.807, 2.05) is 30.4 Å². The predicted molar refractivity (Wildman–Crippen MR) is 47.2 cm³/mol. The van der Waals surface area contributed by atoms with Gasteiger partial charge in [0.1, 0.15) is 0 Å². The molecule has 1 aliphatic carbocycles. The van der Waals surface area contributed by atoms with E-state index in [0.717, 1.165) is 11.1 Å². The van der Waals surface area contributed by atoms with Crippen LogP contribution in [0.4, 0.5) is 0 Å². The third-order valence-electron chi connectivity index (χ3n) is 1.60. The Hall–Kier alpha value is -1.08. The zero-order valence-electron chi connectivity index (χ0n) is 6.46. The average Bonchev–Trinajstić information content (AvgIpc) is 2.47. The Balaban J connectivity index is 2.66. The molecule has 1 nitrogen and oxygen atoms in total. The van der Waals surface area contributed by atoms with Crippen molar-refractivity contribution in [1.82, 2.24) is 0 Å². The average molecular weight is 148 g/mol. The lowest BCUT2D eigenvalue weighted by Crippen LogP contribution is -1.81. The second-order valence-electron chi connectivity index (χ2n) is 2.36. The molecule has 0 amide bonds. The molecule has 1 aliphatic rings. The van der Waals surface area contributed by atoms with E-state index < -0.39 is 0 Å². The van der Waals surface area contributed by atoms with Gasteiger partial charge in [0, 0.05) is 6.61 Å². The quantitative estimate of drug-likeness (QED) is 0.648. The molecule has 11 heavy (non-hydrogen) atoms. The first-order valence-electron chi connectivity index (χ1n) is 3.70. The SMILES string of the molecule is C=CC1=CC=C/C1=C/CCO. The van der Waals surface area contributed by atoms with Gasteiger partial charge in [-0.15, -0.1) is 0 Å². The minimum absolute atomic E-state index is 0.210. The smallest absolute Gasteiger partial charge is 0.0465 e. The Kier molecular flexibility index (Phi) is 2.87. The summed E-state index contributed by atoms with van der Waals surface area (Å²) in [6.07, 6.45) is 10.6. The molecule has 1 N–H and O–H groups in total. The van der Waals surface area contributed by atoms with Gasteiger partial charge in [0.25, 0.3) is 0 Å². The van der Waals surface area contributed by atoms with E-state index in [1.165, 1.54) is 0 Å². The van der Waals surface area contributed by atoms with Gasteiger partial charge >= 0.3 is 0 Å². The van der Waals surface area contributed by atoms with Crippen molar-refractivity contribution in [3.63, 3.8) is 0 Å². The summed E-state index contributed by atoms with van der Waals surface area (Å²) < 4.78 is 0. The van der Waals surface area contributed by atoms with Gasteiger partial charge in [-0.05, 0) is 17.6 Å². The normalized spacial score (nSPS) is 19.0. The van der Waals surface area contributed by atoms with Crippen LogP contribution in [0.1, 0.15) is 6.42 Å². The molecule has 0 aromatic carbocycles. The highest BCUT2D eigenvalue weighted by molar-refractivity contribution is 5.53. The number of aliphatic hydroxyl groups is 1. The van der Waals surface area contributed by atoms with Crippen molar-refractivity contribution in [3.05, 3.63) is 48.1 Å². The fraction of sp³-hybridized carbons (Fsp3) is 0.200. The van der Waals surface area contributed by atoms with E-state index in [9.17, 15) is 0 Å². The minimum Gasteiger partial charge on any atom is -0.396 e. The van der Waals surface area contributed by atoms with Crippen LogP contribution in [0, 0.1) is 0 Å². The van der Waals surface area contributed by atoms with Crippen molar-refractivity contribution < 1.29 is 5.11 Å². The summed E-state index contributed by atoms with van der Waals surface area (Å²) in [6, 6.07) is 0. The number of aliphatic hydroxyl groups excluding tert-OH is 1. The lowest BCUT2D eigenvalue weighted by molar-refractivity contribution is 0.302. The number of rotatable bonds is 3. The third-order valence-corrected chi connectivity index (χ3v) is 1.60. The van der Waals surface area contributed by atoms with E-state index >= 15 is 0 Å². The molecule has 0 saturated carbocycles. The van der Waals surface area contributed by atoms with E-state index in [2.05, 4.69) is 6.58 Å². The number of hydrogen-bond acceptors (Lipinski definition) is 1. The largest absolute Gasteiger partial charge is 0.396 e. The Morgan fingerprint density at radius 1 is 1.55 bits per heavy atom. The topological polar surface area (TPSA) is 20.2 Å². The highest BCUT2D eigenvalue weighted by Crippen LogP contribution is 2.18. The summed E-state index contributed by atoms with van der Waals surface area (Å²) in [4.78, 5) is 0. The first kappa shape index (κ1) is 8.02. The maximum absolute atomic E-state index is 8.57. The summed E-state index contributed by atoms with van der Waals surface area (Å²) in [5.41, 5.74) is 2.30. The van der Waals surface area contributed by atoms with Crippen LogP contribution in [0.5, 0.6) is 0 Å². The summed E-state index contributed by atoms with van der Waals surface area (Å²) in [6.45, 7) is 3.90.